The summed E-state index contributed by atoms with van der Waals surface area (Å²) in [7, 11) is 2.23. The summed E-state index contributed by atoms with van der Waals surface area (Å²) in [5.41, 5.74) is 6.96. The quantitative estimate of drug-likeness (QED) is 0.211. The standard InChI is InChI=1S/C27H26NSe/c1-17-16-18(27(2,3)4)14-15-19(17)25-26-24(21-11-7-9-13-23(21)29-26)20-10-6-8-12-22(20)28(25)5/h6-16H,1-5H3/q+1. The first kappa shape index (κ1) is 18.6. The molecule has 0 aliphatic rings. The van der Waals surface area contributed by atoms with E-state index in [-0.39, 0.29) is 5.41 Å². The van der Waals surface area contributed by atoms with Gasteiger partial charge in [-0.15, -0.1) is 0 Å². The van der Waals surface area contributed by atoms with Crippen molar-refractivity contribution in [3.63, 3.8) is 0 Å². The zero-order valence-electron chi connectivity index (χ0n) is 17.7. The van der Waals surface area contributed by atoms with E-state index in [9.17, 15) is 0 Å². The molecule has 5 rings (SSSR count). The molecule has 0 unspecified atom stereocenters. The molecule has 0 aliphatic carbocycles. The summed E-state index contributed by atoms with van der Waals surface area (Å²) < 4.78 is 5.43. The maximum atomic E-state index is 2.42. The summed E-state index contributed by atoms with van der Waals surface area (Å²) in [5, 5.41) is 4.23. The molecule has 0 aliphatic heterocycles. The first-order chi connectivity index (χ1) is 13.9. The summed E-state index contributed by atoms with van der Waals surface area (Å²) in [4.78, 5) is 0. The Morgan fingerprint density at radius 1 is 0.828 bits per heavy atom. The van der Waals surface area contributed by atoms with E-state index in [4.69, 9.17) is 0 Å². The van der Waals surface area contributed by atoms with E-state index >= 15 is 0 Å². The molecule has 0 N–H and O–H groups in total. The monoisotopic (exact) mass is 444 g/mol. The molecule has 0 saturated heterocycles. The minimum atomic E-state index is 0.164. The number of rotatable bonds is 1. The normalized spacial score (nSPS) is 12.3. The van der Waals surface area contributed by atoms with Gasteiger partial charge < -0.3 is 0 Å². The number of pyridine rings is 1. The summed E-state index contributed by atoms with van der Waals surface area (Å²) in [5.74, 6) is 0. The first-order valence-corrected chi connectivity index (χ1v) is 11.9. The molecule has 2 heterocycles. The molecule has 5 aromatic rings. The third kappa shape index (κ3) is 2.86. The van der Waals surface area contributed by atoms with Crippen LogP contribution in [-0.4, -0.2) is 14.5 Å². The van der Waals surface area contributed by atoms with Crippen LogP contribution < -0.4 is 4.57 Å². The van der Waals surface area contributed by atoms with E-state index in [0.29, 0.717) is 14.5 Å². The predicted molar refractivity (Wildman–Crippen MR) is 126 cm³/mol. The number of nitrogens with zero attached hydrogens (tertiary/aromatic N) is 1. The fraction of sp³-hybridized carbons (Fsp3) is 0.222. The van der Waals surface area contributed by atoms with Gasteiger partial charge in [0.1, 0.15) is 0 Å². The summed E-state index contributed by atoms with van der Waals surface area (Å²) >= 11 is 0.318. The van der Waals surface area contributed by atoms with E-state index in [1.807, 2.05) is 0 Å². The van der Waals surface area contributed by atoms with Crippen LogP contribution in [0, 0.1) is 6.92 Å². The van der Waals surface area contributed by atoms with Crippen LogP contribution in [0.2, 0.25) is 0 Å². The maximum absolute atomic E-state index is 2.42. The second-order valence-electron chi connectivity index (χ2n) is 9.01. The summed E-state index contributed by atoms with van der Waals surface area (Å²) in [6.45, 7) is 9.13. The minimum absolute atomic E-state index is 0.164. The van der Waals surface area contributed by atoms with Crippen molar-refractivity contribution in [2.24, 2.45) is 7.05 Å². The molecule has 2 heteroatoms. The Morgan fingerprint density at radius 2 is 1.52 bits per heavy atom. The van der Waals surface area contributed by atoms with Crippen molar-refractivity contribution in [1.29, 1.82) is 0 Å². The molecule has 0 spiro atoms. The number of benzene rings is 3. The third-order valence-electron chi connectivity index (χ3n) is 6.03. The van der Waals surface area contributed by atoms with E-state index in [1.165, 1.54) is 52.6 Å². The fourth-order valence-electron chi connectivity index (χ4n) is 4.43. The van der Waals surface area contributed by atoms with Gasteiger partial charge in [0.25, 0.3) is 0 Å². The molecule has 144 valence electrons. The van der Waals surface area contributed by atoms with Crippen molar-refractivity contribution in [2.45, 2.75) is 33.1 Å². The molecule has 0 radical (unpaired) electrons. The third-order valence-corrected chi connectivity index (χ3v) is 8.50. The molecule has 1 nitrogen and oxygen atoms in total. The van der Waals surface area contributed by atoms with Crippen LogP contribution in [0.1, 0.15) is 31.9 Å². The Bertz CT molecular complexity index is 1400. The van der Waals surface area contributed by atoms with Crippen LogP contribution in [0.3, 0.4) is 0 Å². The Hall–Kier alpha value is -2.41. The van der Waals surface area contributed by atoms with E-state index in [0.717, 1.165) is 0 Å². The number of hydrogen-bond acceptors (Lipinski definition) is 0. The van der Waals surface area contributed by atoms with E-state index in [2.05, 4.69) is 106 Å². The number of aryl methyl sites for hydroxylation is 2. The molecule has 3 aromatic carbocycles. The zero-order chi connectivity index (χ0) is 20.3. The number of fused-ring (bicyclic) bond motifs is 5. The van der Waals surface area contributed by atoms with Crippen molar-refractivity contribution in [3.8, 4) is 11.3 Å². The van der Waals surface area contributed by atoms with Gasteiger partial charge >= 0.3 is 179 Å². The zero-order valence-corrected chi connectivity index (χ0v) is 19.4. The second-order valence-corrected chi connectivity index (χ2v) is 11.2. The van der Waals surface area contributed by atoms with Gasteiger partial charge in [-0.1, -0.05) is 0 Å². The van der Waals surface area contributed by atoms with Crippen molar-refractivity contribution in [1.82, 2.24) is 0 Å². The van der Waals surface area contributed by atoms with Gasteiger partial charge in [0.05, 0.1) is 0 Å². The molecule has 0 amide bonds. The van der Waals surface area contributed by atoms with Crippen molar-refractivity contribution < 1.29 is 4.57 Å². The van der Waals surface area contributed by atoms with Crippen LogP contribution in [0.4, 0.5) is 0 Å². The van der Waals surface area contributed by atoms with Crippen molar-refractivity contribution in [2.75, 3.05) is 0 Å². The number of aromatic nitrogens is 1. The Balaban J connectivity index is 1.95. The number of hydrogen-bond donors (Lipinski definition) is 0. The second kappa shape index (κ2) is 6.55. The van der Waals surface area contributed by atoms with Crippen LogP contribution in [0.25, 0.3) is 41.5 Å². The van der Waals surface area contributed by atoms with E-state index in [1.54, 1.807) is 0 Å². The van der Waals surface area contributed by atoms with Gasteiger partial charge in [-0.3, -0.25) is 0 Å². The summed E-state index contributed by atoms with van der Waals surface area (Å²) in [6, 6.07) is 24.9. The van der Waals surface area contributed by atoms with Crippen LogP contribution in [0.15, 0.2) is 66.7 Å². The molecule has 2 aromatic heterocycles. The fourth-order valence-corrected chi connectivity index (χ4v) is 7.18. The van der Waals surface area contributed by atoms with Gasteiger partial charge in [0.2, 0.25) is 0 Å². The average Bonchev–Trinajstić information content (AvgIpc) is 3.07. The van der Waals surface area contributed by atoms with Gasteiger partial charge in [-0.05, 0) is 0 Å². The van der Waals surface area contributed by atoms with Gasteiger partial charge in [-0.2, -0.15) is 0 Å². The molecule has 0 bridgehead atoms. The van der Waals surface area contributed by atoms with Gasteiger partial charge in [0, 0.05) is 0 Å². The average molecular weight is 443 g/mol. The van der Waals surface area contributed by atoms with Crippen LogP contribution >= 0.6 is 0 Å². The molecular formula is C27H26NSe+. The van der Waals surface area contributed by atoms with Crippen molar-refractivity contribution >= 4 is 44.7 Å². The first-order valence-electron chi connectivity index (χ1n) is 10.2. The van der Waals surface area contributed by atoms with Crippen LogP contribution in [-0.2, 0) is 12.5 Å². The topological polar surface area (TPSA) is 3.88 Å². The molecule has 0 saturated carbocycles. The Morgan fingerprint density at radius 3 is 2.24 bits per heavy atom. The summed E-state index contributed by atoms with van der Waals surface area (Å²) in [6.07, 6.45) is 0. The van der Waals surface area contributed by atoms with Gasteiger partial charge in [-0.25, -0.2) is 0 Å². The molecule has 0 fully saturated rings. The van der Waals surface area contributed by atoms with Crippen LogP contribution in [0.5, 0.6) is 0 Å². The predicted octanol–water partition coefficient (Wildman–Crippen LogP) is 6.30. The molecule has 29 heavy (non-hydrogen) atoms. The SMILES string of the molecule is Cc1cc(C(C)(C)C)ccc1-c1c2[se]c3ccccc3c2c2ccccc2[n+]1C. The molecule has 0 atom stereocenters. The van der Waals surface area contributed by atoms with Gasteiger partial charge in [0.15, 0.2) is 0 Å². The number of para-hydroxylation sites is 1. The van der Waals surface area contributed by atoms with Crippen molar-refractivity contribution in [3.05, 3.63) is 77.9 Å². The Labute approximate surface area is 178 Å². The Kier molecular flexibility index (Phi) is 4.21. The molecular weight excluding hydrogens is 417 g/mol. The van der Waals surface area contributed by atoms with E-state index < -0.39 is 0 Å².